The lowest BCUT2D eigenvalue weighted by Crippen LogP contribution is -2.48. The van der Waals surface area contributed by atoms with E-state index in [1.807, 2.05) is 20.8 Å². The normalized spacial score (nSPS) is 15.7. The number of hydrogen-bond donors (Lipinski definition) is 1. The molecule has 4 heteroatoms. The van der Waals surface area contributed by atoms with Gasteiger partial charge in [0.1, 0.15) is 6.10 Å². The Morgan fingerprint density at radius 3 is 2.00 bits per heavy atom. The van der Waals surface area contributed by atoms with Crippen LogP contribution >= 0.6 is 0 Å². The summed E-state index contributed by atoms with van der Waals surface area (Å²) in [6.45, 7) is 21.2. The second-order valence-electron chi connectivity index (χ2n) is 8.95. The first kappa shape index (κ1) is 23.4. The van der Waals surface area contributed by atoms with Gasteiger partial charge in [-0.15, -0.1) is 0 Å². The summed E-state index contributed by atoms with van der Waals surface area (Å²) in [5, 5.41) is 3.11. The molecule has 0 aromatic carbocycles. The highest BCUT2D eigenvalue weighted by Gasteiger charge is 2.30. The molecule has 2 atom stereocenters. The standard InChI is InChI=1S/C20H41NO3/c1-14(2)11-12-19(7,8)21-18(22)17(6)23-13-16(5)20(9,10)24-15(3)4/h14-17H,11-13H2,1-10H3,(H,21,22). The summed E-state index contributed by atoms with van der Waals surface area (Å²) in [6, 6.07) is 0. The molecule has 0 aromatic heterocycles. The molecule has 0 aliphatic heterocycles. The molecule has 0 heterocycles. The van der Waals surface area contributed by atoms with Gasteiger partial charge in [-0.3, -0.25) is 4.79 Å². The molecule has 0 spiro atoms. The van der Waals surface area contributed by atoms with Crippen LogP contribution in [0.5, 0.6) is 0 Å². The van der Waals surface area contributed by atoms with Crippen LogP contribution in [-0.4, -0.2) is 35.9 Å². The first-order valence-corrected chi connectivity index (χ1v) is 9.38. The molecule has 2 unspecified atom stereocenters. The molecule has 0 radical (unpaired) electrons. The van der Waals surface area contributed by atoms with Crippen molar-refractivity contribution in [2.45, 2.75) is 105 Å². The maximum Gasteiger partial charge on any atom is 0.249 e. The molecule has 0 saturated heterocycles. The van der Waals surface area contributed by atoms with Gasteiger partial charge in [-0.05, 0) is 67.2 Å². The molecule has 1 N–H and O–H groups in total. The van der Waals surface area contributed by atoms with Crippen LogP contribution in [-0.2, 0) is 14.3 Å². The zero-order valence-corrected chi connectivity index (χ0v) is 17.7. The highest BCUT2D eigenvalue weighted by atomic mass is 16.5. The van der Waals surface area contributed by atoms with Gasteiger partial charge in [0.2, 0.25) is 5.91 Å². The molecular weight excluding hydrogens is 302 g/mol. The zero-order chi connectivity index (χ0) is 19.1. The van der Waals surface area contributed by atoms with E-state index in [-0.39, 0.29) is 29.1 Å². The van der Waals surface area contributed by atoms with Crippen molar-refractivity contribution in [2.75, 3.05) is 6.61 Å². The Bertz CT molecular complexity index is 375. The number of rotatable bonds is 11. The third kappa shape index (κ3) is 9.63. The van der Waals surface area contributed by atoms with E-state index in [2.05, 4.69) is 53.8 Å². The lowest BCUT2D eigenvalue weighted by atomic mass is 9.93. The van der Waals surface area contributed by atoms with E-state index in [0.717, 1.165) is 12.8 Å². The van der Waals surface area contributed by atoms with E-state index < -0.39 is 6.10 Å². The molecule has 4 nitrogen and oxygen atoms in total. The van der Waals surface area contributed by atoms with Crippen LogP contribution in [0, 0.1) is 11.8 Å². The van der Waals surface area contributed by atoms with Crippen LogP contribution in [0.4, 0.5) is 0 Å². The topological polar surface area (TPSA) is 47.6 Å². The fraction of sp³-hybridized carbons (Fsp3) is 0.950. The van der Waals surface area contributed by atoms with Crippen molar-refractivity contribution in [1.29, 1.82) is 0 Å². The first-order chi connectivity index (χ1) is 10.8. The van der Waals surface area contributed by atoms with E-state index in [1.165, 1.54) is 0 Å². The largest absolute Gasteiger partial charge is 0.373 e. The number of hydrogen-bond acceptors (Lipinski definition) is 3. The SMILES string of the molecule is CC(C)CCC(C)(C)NC(=O)C(C)OCC(C)C(C)(C)OC(C)C. The maximum absolute atomic E-state index is 12.4. The molecule has 0 fully saturated rings. The van der Waals surface area contributed by atoms with Gasteiger partial charge >= 0.3 is 0 Å². The number of nitrogens with one attached hydrogen (secondary N) is 1. The summed E-state index contributed by atoms with van der Waals surface area (Å²) in [5.74, 6) is 0.793. The fourth-order valence-corrected chi connectivity index (χ4v) is 2.44. The maximum atomic E-state index is 12.4. The van der Waals surface area contributed by atoms with Gasteiger partial charge < -0.3 is 14.8 Å². The average molecular weight is 344 g/mol. The summed E-state index contributed by atoms with van der Waals surface area (Å²) in [7, 11) is 0. The highest BCUT2D eigenvalue weighted by Crippen LogP contribution is 2.23. The van der Waals surface area contributed by atoms with Gasteiger partial charge in [0.15, 0.2) is 0 Å². The van der Waals surface area contributed by atoms with Gasteiger partial charge in [0.25, 0.3) is 0 Å². The minimum absolute atomic E-state index is 0.0430. The second-order valence-corrected chi connectivity index (χ2v) is 8.95. The minimum atomic E-state index is -0.458. The minimum Gasteiger partial charge on any atom is -0.373 e. The Morgan fingerprint density at radius 1 is 1.00 bits per heavy atom. The molecule has 0 aliphatic rings. The molecule has 144 valence electrons. The molecule has 0 aromatic rings. The van der Waals surface area contributed by atoms with Crippen molar-refractivity contribution in [1.82, 2.24) is 5.32 Å². The monoisotopic (exact) mass is 343 g/mol. The van der Waals surface area contributed by atoms with Crippen molar-refractivity contribution < 1.29 is 14.3 Å². The lowest BCUT2D eigenvalue weighted by Gasteiger charge is -2.34. The molecular formula is C20H41NO3. The van der Waals surface area contributed by atoms with Gasteiger partial charge in [0, 0.05) is 11.5 Å². The van der Waals surface area contributed by atoms with E-state index in [4.69, 9.17) is 9.47 Å². The molecule has 0 bridgehead atoms. The fourth-order valence-electron chi connectivity index (χ4n) is 2.44. The first-order valence-electron chi connectivity index (χ1n) is 9.38. The molecule has 0 rings (SSSR count). The summed E-state index contributed by atoms with van der Waals surface area (Å²) in [4.78, 5) is 12.4. The van der Waals surface area contributed by atoms with E-state index in [1.54, 1.807) is 0 Å². The number of amides is 1. The predicted octanol–water partition coefficient (Wildman–Crippen LogP) is 4.56. The molecule has 0 aliphatic carbocycles. The average Bonchev–Trinajstić information content (AvgIpc) is 2.40. The quantitative estimate of drug-likeness (QED) is 0.598. The Balaban J connectivity index is 4.40. The van der Waals surface area contributed by atoms with Crippen LogP contribution in [0.25, 0.3) is 0 Å². The van der Waals surface area contributed by atoms with Crippen molar-refractivity contribution >= 4 is 5.91 Å². The number of carbonyl (C=O) groups excluding carboxylic acids is 1. The number of ether oxygens (including phenoxy) is 2. The molecule has 24 heavy (non-hydrogen) atoms. The van der Waals surface area contributed by atoms with E-state index in [0.29, 0.717) is 12.5 Å². The summed E-state index contributed by atoms with van der Waals surface area (Å²) >= 11 is 0. The smallest absolute Gasteiger partial charge is 0.249 e. The Hall–Kier alpha value is -0.610. The Kier molecular flexibility index (Phi) is 9.52. The Morgan fingerprint density at radius 2 is 1.54 bits per heavy atom. The van der Waals surface area contributed by atoms with E-state index >= 15 is 0 Å². The van der Waals surface area contributed by atoms with E-state index in [9.17, 15) is 4.79 Å². The van der Waals surface area contributed by atoms with Crippen LogP contribution in [0.2, 0.25) is 0 Å². The highest BCUT2D eigenvalue weighted by molar-refractivity contribution is 5.81. The van der Waals surface area contributed by atoms with Gasteiger partial charge in [-0.1, -0.05) is 20.8 Å². The van der Waals surface area contributed by atoms with Gasteiger partial charge in [-0.2, -0.15) is 0 Å². The lowest BCUT2D eigenvalue weighted by molar-refractivity contribution is -0.140. The van der Waals surface area contributed by atoms with Crippen molar-refractivity contribution in [3.63, 3.8) is 0 Å². The summed E-state index contributed by atoms with van der Waals surface area (Å²) in [6.07, 6.45) is 1.78. The van der Waals surface area contributed by atoms with Crippen molar-refractivity contribution in [2.24, 2.45) is 11.8 Å². The Labute approximate surface area is 150 Å². The van der Waals surface area contributed by atoms with Crippen LogP contribution in [0.15, 0.2) is 0 Å². The van der Waals surface area contributed by atoms with Crippen LogP contribution in [0.1, 0.15) is 82.1 Å². The summed E-state index contributed by atoms with van der Waals surface area (Å²) in [5.41, 5.74) is -0.481. The van der Waals surface area contributed by atoms with Crippen LogP contribution < -0.4 is 5.32 Å². The zero-order valence-electron chi connectivity index (χ0n) is 17.7. The predicted molar refractivity (Wildman–Crippen MR) is 101 cm³/mol. The van der Waals surface area contributed by atoms with Crippen molar-refractivity contribution in [3.05, 3.63) is 0 Å². The molecule has 0 saturated carbocycles. The van der Waals surface area contributed by atoms with Crippen molar-refractivity contribution in [3.8, 4) is 0 Å². The van der Waals surface area contributed by atoms with Gasteiger partial charge in [0.05, 0.1) is 18.3 Å². The number of carbonyl (C=O) groups is 1. The third-order valence-corrected chi connectivity index (χ3v) is 4.50. The van der Waals surface area contributed by atoms with Gasteiger partial charge in [-0.25, -0.2) is 0 Å². The summed E-state index contributed by atoms with van der Waals surface area (Å²) < 4.78 is 11.8. The second kappa shape index (κ2) is 9.76. The van der Waals surface area contributed by atoms with Crippen LogP contribution in [0.3, 0.4) is 0 Å². The third-order valence-electron chi connectivity index (χ3n) is 4.50. The molecule has 1 amide bonds.